The van der Waals surface area contributed by atoms with Gasteiger partial charge < -0.3 is 10.1 Å². The highest BCUT2D eigenvalue weighted by Crippen LogP contribution is 2.29. The summed E-state index contributed by atoms with van der Waals surface area (Å²) in [6.07, 6.45) is 2.57. The second-order valence-corrected chi connectivity index (χ2v) is 4.24. The number of nitrogens with zero attached hydrogens (tertiary/aromatic N) is 2. The van der Waals surface area contributed by atoms with Crippen LogP contribution in [0.15, 0.2) is 30.6 Å². The van der Waals surface area contributed by atoms with Crippen molar-refractivity contribution in [1.29, 1.82) is 0 Å². The molecule has 3 rings (SSSR count). The number of benzene rings is 1. The molecule has 0 atom stereocenters. The summed E-state index contributed by atoms with van der Waals surface area (Å²) in [6.45, 7) is 3.69. The Hall–Kier alpha value is -2.10. The minimum atomic E-state index is 0.783. The molecule has 4 heteroatoms. The van der Waals surface area contributed by atoms with Gasteiger partial charge in [0.1, 0.15) is 17.9 Å². The van der Waals surface area contributed by atoms with Gasteiger partial charge in [0.05, 0.1) is 12.3 Å². The van der Waals surface area contributed by atoms with Gasteiger partial charge in [0, 0.05) is 24.6 Å². The average molecular weight is 241 g/mol. The fourth-order valence-electron chi connectivity index (χ4n) is 2.14. The standard InChI is InChI=1S/C14H15N3O/c1-2-15-14-8-12(16-9-17-14)10-3-4-13-11(7-10)5-6-18-13/h3-4,7-9H,2,5-6H2,1H3,(H,15,16,17). The lowest BCUT2D eigenvalue weighted by Crippen LogP contribution is -1.99. The van der Waals surface area contributed by atoms with Crippen molar-refractivity contribution in [2.24, 2.45) is 0 Å². The highest BCUT2D eigenvalue weighted by atomic mass is 16.5. The third-order valence-corrected chi connectivity index (χ3v) is 3.01. The lowest BCUT2D eigenvalue weighted by molar-refractivity contribution is 0.357. The first kappa shape index (κ1) is 11.0. The molecule has 0 saturated carbocycles. The first-order valence-electron chi connectivity index (χ1n) is 6.19. The van der Waals surface area contributed by atoms with Crippen LogP contribution in [0.2, 0.25) is 0 Å². The fourth-order valence-corrected chi connectivity index (χ4v) is 2.14. The summed E-state index contributed by atoms with van der Waals surface area (Å²) < 4.78 is 5.51. The van der Waals surface area contributed by atoms with Crippen molar-refractivity contribution in [1.82, 2.24) is 9.97 Å². The smallest absolute Gasteiger partial charge is 0.129 e. The topological polar surface area (TPSA) is 47.0 Å². The van der Waals surface area contributed by atoms with Gasteiger partial charge in [0.2, 0.25) is 0 Å². The van der Waals surface area contributed by atoms with Crippen molar-refractivity contribution in [2.75, 3.05) is 18.5 Å². The molecule has 2 heterocycles. The van der Waals surface area contributed by atoms with Gasteiger partial charge in [0.25, 0.3) is 0 Å². The lowest BCUT2D eigenvalue weighted by Gasteiger charge is -2.06. The molecule has 18 heavy (non-hydrogen) atoms. The number of fused-ring (bicyclic) bond motifs is 1. The van der Waals surface area contributed by atoms with Crippen molar-refractivity contribution in [3.8, 4) is 17.0 Å². The zero-order chi connectivity index (χ0) is 12.4. The van der Waals surface area contributed by atoms with Crippen molar-refractivity contribution in [3.63, 3.8) is 0 Å². The van der Waals surface area contributed by atoms with E-state index in [0.717, 1.165) is 42.4 Å². The summed E-state index contributed by atoms with van der Waals surface area (Å²) in [5.41, 5.74) is 3.31. The van der Waals surface area contributed by atoms with E-state index < -0.39 is 0 Å². The van der Waals surface area contributed by atoms with E-state index in [0.29, 0.717) is 0 Å². The Morgan fingerprint density at radius 1 is 1.28 bits per heavy atom. The second-order valence-electron chi connectivity index (χ2n) is 4.24. The summed E-state index contributed by atoms with van der Waals surface area (Å²) in [5, 5.41) is 3.19. The number of hydrogen-bond acceptors (Lipinski definition) is 4. The van der Waals surface area contributed by atoms with Crippen LogP contribution in [-0.2, 0) is 6.42 Å². The Bertz CT molecular complexity index is 569. The molecule has 1 aliphatic heterocycles. The third kappa shape index (κ3) is 2.01. The number of nitrogens with one attached hydrogen (secondary N) is 1. The minimum Gasteiger partial charge on any atom is -0.493 e. The number of ether oxygens (including phenoxy) is 1. The molecule has 1 aromatic heterocycles. The van der Waals surface area contributed by atoms with Gasteiger partial charge in [-0.05, 0) is 30.7 Å². The largest absolute Gasteiger partial charge is 0.493 e. The molecule has 0 radical (unpaired) electrons. The van der Waals surface area contributed by atoms with E-state index in [9.17, 15) is 0 Å². The highest BCUT2D eigenvalue weighted by Gasteiger charge is 2.13. The van der Waals surface area contributed by atoms with E-state index in [2.05, 4.69) is 28.3 Å². The number of anilines is 1. The van der Waals surface area contributed by atoms with Crippen molar-refractivity contribution >= 4 is 5.82 Å². The summed E-state index contributed by atoms with van der Waals surface area (Å²) in [6, 6.07) is 8.19. The van der Waals surface area contributed by atoms with Crippen LogP contribution in [0.3, 0.4) is 0 Å². The zero-order valence-corrected chi connectivity index (χ0v) is 10.3. The summed E-state index contributed by atoms with van der Waals surface area (Å²) in [4.78, 5) is 8.51. The predicted molar refractivity (Wildman–Crippen MR) is 70.8 cm³/mol. The van der Waals surface area contributed by atoms with Crippen molar-refractivity contribution in [2.45, 2.75) is 13.3 Å². The zero-order valence-electron chi connectivity index (χ0n) is 10.3. The lowest BCUT2D eigenvalue weighted by atomic mass is 10.1. The van der Waals surface area contributed by atoms with Crippen LogP contribution in [0, 0.1) is 0 Å². The minimum absolute atomic E-state index is 0.783. The third-order valence-electron chi connectivity index (χ3n) is 3.01. The Morgan fingerprint density at radius 2 is 2.22 bits per heavy atom. The van der Waals surface area contributed by atoms with Gasteiger partial charge in [-0.1, -0.05) is 0 Å². The van der Waals surface area contributed by atoms with Crippen LogP contribution in [0.1, 0.15) is 12.5 Å². The van der Waals surface area contributed by atoms with Crippen LogP contribution in [0.5, 0.6) is 5.75 Å². The maximum absolute atomic E-state index is 5.51. The van der Waals surface area contributed by atoms with Crippen LogP contribution < -0.4 is 10.1 Å². The van der Waals surface area contributed by atoms with Gasteiger partial charge >= 0.3 is 0 Å². The SMILES string of the molecule is CCNc1cc(-c2ccc3c(c2)CCO3)ncn1. The molecule has 0 amide bonds. The Morgan fingerprint density at radius 3 is 3.11 bits per heavy atom. The van der Waals surface area contributed by atoms with Crippen molar-refractivity contribution < 1.29 is 4.74 Å². The fraction of sp³-hybridized carbons (Fsp3) is 0.286. The molecular weight excluding hydrogens is 226 g/mol. The van der Waals surface area contributed by atoms with Crippen LogP contribution in [-0.4, -0.2) is 23.1 Å². The molecule has 1 N–H and O–H groups in total. The first-order valence-corrected chi connectivity index (χ1v) is 6.19. The molecule has 0 saturated heterocycles. The molecule has 1 aliphatic rings. The van der Waals surface area contributed by atoms with Crippen LogP contribution in [0.4, 0.5) is 5.82 Å². The second kappa shape index (κ2) is 4.64. The number of rotatable bonds is 3. The molecule has 0 aliphatic carbocycles. The summed E-state index contributed by atoms with van der Waals surface area (Å²) >= 11 is 0. The van der Waals surface area contributed by atoms with Crippen LogP contribution in [0.25, 0.3) is 11.3 Å². The Balaban J connectivity index is 1.96. The van der Waals surface area contributed by atoms with E-state index >= 15 is 0 Å². The molecule has 2 aromatic rings. The predicted octanol–water partition coefficient (Wildman–Crippen LogP) is 2.51. The molecule has 0 bridgehead atoms. The Labute approximate surface area is 106 Å². The first-order chi connectivity index (χ1) is 8.86. The molecular formula is C14H15N3O. The van der Waals surface area contributed by atoms with Gasteiger partial charge in [-0.25, -0.2) is 9.97 Å². The van der Waals surface area contributed by atoms with E-state index in [-0.39, 0.29) is 0 Å². The van der Waals surface area contributed by atoms with Gasteiger partial charge in [-0.15, -0.1) is 0 Å². The normalized spacial score (nSPS) is 12.9. The monoisotopic (exact) mass is 241 g/mol. The molecule has 0 fully saturated rings. The van der Waals surface area contributed by atoms with E-state index in [1.165, 1.54) is 5.56 Å². The summed E-state index contributed by atoms with van der Waals surface area (Å²) in [7, 11) is 0. The molecule has 0 spiro atoms. The van der Waals surface area contributed by atoms with Crippen molar-refractivity contribution in [3.05, 3.63) is 36.2 Å². The highest BCUT2D eigenvalue weighted by molar-refractivity contribution is 5.64. The van der Waals surface area contributed by atoms with Gasteiger partial charge in [-0.2, -0.15) is 0 Å². The van der Waals surface area contributed by atoms with E-state index in [1.807, 2.05) is 18.2 Å². The quantitative estimate of drug-likeness (QED) is 0.897. The summed E-state index contributed by atoms with van der Waals surface area (Å²) in [5.74, 6) is 1.86. The molecule has 0 unspecified atom stereocenters. The van der Waals surface area contributed by atoms with Gasteiger partial charge in [-0.3, -0.25) is 0 Å². The van der Waals surface area contributed by atoms with E-state index in [4.69, 9.17) is 4.74 Å². The molecule has 92 valence electrons. The Kier molecular flexibility index (Phi) is 2.84. The maximum Gasteiger partial charge on any atom is 0.129 e. The number of aromatic nitrogens is 2. The average Bonchev–Trinajstić information content (AvgIpc) is 2.86. The van der Waals surface area contributed by atoms with Crippen LogP contribution >= 0.6 is 0 Å². The van der Waals surface area contributed by atoms with Gasteiger partial charge in [0.15, 0.2) is 0 Å². The van der Waals surface area contributed by atoms with E-state index in [1.54, 1.807) is 6.33 Å². The molecule has 4 nitrogen and oxygen atoms in total. The molecule has 1 aromatic carbocycles. The maximum atomic E-state index is 5.51. The number of hydrogen-bond donors (Lipinski definition) is 1.